The maximum atomic E-state index is 5.84. The molecule has 0 aromatic heterocycles. The molecular weight excluding hydrogens is 126 g/mol. The van der Waals surface area contributed by atoms with E-state index < -0.39 is 0 Å². The van der Waals surface area contributed by atoms with Crippen molar-refractivity contribution in [3.05, 3.63) is 0 Å². The zero-order chi connectivity index (χ0) is 7.40. The van der Waals surface area contributed by atoms with Crippen molar-refractivity contribution < 1.29 is 4.74 Å². The summed E-state index contributed by atoms with van der Waals surface area (Å²) in [6.07, 6.45) is 5.22. The van der Waals surface area contributed by atoms with Gasteiger partial charge in [0, 0.05) is 12.6 Å². The van der Waals surface area contributed by atoms with Gasteiger partial charge in [0.2, 0.25) is 0 Å². The predicted octanol–water partition coefficient (Wildman–Crippen LogP) is 1.29. The van der Waals surface area contributed by atoms with Crippen molar-refractivity contribution in [1.29, 1.82) is 0 Å². The molecule has 0 bridgehead atoms. The second-order valence-corrected chi connectivity index (χ2v) is 2.94. The Balaban J connectivity index is 2.25. The van der Waals surface area contributed by atoms with Gasteiger partial charge in [0.05, 0.1) is 6.10 Å². The van der Waals surface area contributed by atoms with Crippen LogP contribution in [0, 0.1) is 0 Å². The van der Waals surface area contributed by atoms with Gasteiger partial charge < -0.3 is 10.5 Å². The molecule has 2 unspecified atom stereocenters. The zero-order valence-electron chi connectivity index (χ0n) is 6.68. The third-order valence-corrected chi connectivity index (χ3v) is 2.13. The van der Waals surface area contributed by atoms with E-state index in [2.05, 4.69) is 0 Å². The standard InChI is InChI=1S/C8H17NO/c1-2-10-8-6-4-3-5-7(8)9/h7-8H,2-6,9H2,1H3. The van der Waals surface area contributed by atoms with Crippen molar-refractivity contribution >= 4 is 0 Å². The minimum atomic E-state index is 0.300. The van der Waals surface area contributed by atoms with E-state index in [-0.39, 0.29) is 0 Å². The molecule has 0 aromatic carbocycles. The number of ether oxygens (including phenoxy) is 1. The Labute approximate surface area is 62.7 Å². The Kier molecular flexibility index (Phi) is 3.16. The van der Waals surface area contributed by atoms with E-state index >= 15 is 0 Å². The van der Waals surface area contributed by atoms with Crippen molar-refractivity contribution in [2.75, 3.05) is 6.61 Å². The van der Waals surface area contributed by atoms with Crippen LogP contribution >= 0.6 is 0 Å². The summed E-state index contributed by atoms with van der Waals surface area (Å²) in [6, 6.07) is 0.300. The van der Waals surface area contributed by atoms with Gasteiger partial charge >= 0.3 is 0 Å². The fourth-order valence-corrected chi connectivity index (χ4v) is 1.55. The van der Waals surface area contributed by atoms with Crippen LogP contribution in [0.5, 0.6) is 0 Å². The highest BCUT2D eigenvalue weighted by atomic mass is 16.5. The maximum absolute atomic E-state index is 5.84. The van der Waals surface area contributed by atoms with Gasteiger partial charge in [-0.25, -0.2) is 0 Å². The van der Waals surface area contributed by atoms with Gasteiger partial charge in [-0.05, 0) is 19.8 Å². The lowest BCUT2D eigenvalue weighted by molar-refractivity contribution is 0.0228. The van der Waals surface area contributed by atoms with Gasteiger partial charge in [-0.2, -0.15) is 0 Å². The molecule has 1 fully saturated rings. The van der Waals surface area contributed by atoms with E-state index in [1.807, 2.05) is 6.92 Å². The molecule has 1 aliphatic rings. The highest BCUT2D eigenvalue weighted by Gasteiger charge is 2.21. The number of nitrogens with two attached hydrogens (primary N) is 1. The molecule has 0 amide bonds. The summed E-state index contributed by atoms with van der Waals surface area (Å²) in [5.41, 5.74) is 5.84. The van der Waals surface area contributed by atoms with Crippen molar-refractivity contribution in [2.45, 2.75) is 44.8 Å². The molecule has 2 heteroatoms. The normalized spacial score (nSPS) is 34.2. The van der Waals surface area contributed by atoms with Crippen LogP contribution in [0.4, 0.5) is 0 Å². The topological polar surface area (TPSA) is 35.2 Å². The van der Waals surface area contributed by atoms with Gasteiger partial charge in [0.15, 0.2) is 0 Å². The van der Waals surface area contributed by atoms with Crippen molar-refractivity contribution in [2.24, 2.45) is 5.73 Å². The molecule has 0 spiro atoms. The van der Waals surface area contributed by atoms with Crippen molar-refractivity contribution in [3.8, 4) is 0 Å². The average Bonchev–Trinajstić information content (AvgIpc) is 1.94. The molecule has 60 valence electrons. The summed E-state index contributed by atoms with van der Waals surface area (Å²) in [5, 5.41) is 0. The second kappa shape index (κ2) is 3.94. The molecular formula is C8H17NO. The van der Waals surface area contributed by atoms with Crippen LogP contribution in [-0.2, 0) is 4.74 Å². The van der Waals surface area contributed by atoms with Crippen LogP contribution in [0.3, 0.4) is 0 Å². The third kappa shape index (κ3) is 1.96. The molecule has 0 aliphatic heterocycles. The summed E-state index contributed by atoms with van der Waals surface area (Å²) in [4.78, 5) is 0. The Morgan fingerprint density at radius 3 is 2.70 bits per heavy atom. The Morgan fingerprint density at radius 1 is 1.40 bits per heavy atom. The summed E-state index contributed by atoms with van der Waals surface area (Å²) in [5.74, 6) is 0. The third-order valence-electron chi connectivity index (χ3n) is 2.13. The van der Waals surface area contributed by atoms with Gasteiger partial charge in [-0.3, -0.25) is 0 Å². The number of hydrogen-bond donors (Lipinski definition) is 1. The van der Waals surface area contributed by atoms with E-state index in [9.17, 15) is 0 Å². The number of hydrogen-bond acceptors (Lipinski definition) is 2. The van der Waals surface area contributed by atoms with Crippen molar-refractivity contribution in [1.82, 2.24) is 0 Å². The molecule has 1 saturated carbocycles. The van der Waals surface area contributed by atoms with Crippen LogP contribution in [0.15, 0.2) is 0 Å². The Hall–Kier alpha value is -0.0800. The Morgan fingerprint density at radius 2 is 2.10 bits per heavy atom. The maximum Gasteiger partial charge on any atom is 0.0725 e. The summed E-state index contributed by atoms with van der Waals surface area (Å²) in [7, 11) is 0. The highest BCUT2D eigenvalue weighted by Crippen LogP contribution is 2.19. The second-order valence-electron chi connectivity index (χ2n) is 2.94. The molecule has 2 N–H and O–H groups in total. The first-order valence-corrected chi connectivity index (χ1v) is 4.21. The van der Waals surface area contributed by atoms with Crippen LogP contribution in [0.25, 0.3) is 0 Å². The molecule has 2 atom stereocenters. The summed E-state index contributed by atoms with van der Waals surface area (Å²) < 4.78 is 5.47. The van der Waals surface area contributed by atoms with E-state index in [0.29, 0.717) is 12.1 Å². The monoisotopic (exact) mass is 143 g/mol. The van der Waals surface area contributed by atoms with Crippen molar-refractivity contribution in [3.63, 3.8) is 0 Å². The highest BCUT2D eigenvalue weighted by molar-refractivity contribution is 4.78. The minimum Gasteiger partial charge on any atom is -0.377 e. The van der Waals surface area contributed by atoms with Gasteiger partial charge in [0.25, 0.3) is 0 Å². The first kappa shape index (κ1) is 8.02. The lowest BCUT2D eigenvalue weighted by atomic mass is 9.93. The van der Waals surface area contributed by atoms with E-state index in [0.717, 1.165) is 19.4 Å². The molecule has 1 aliphatic carbocycles. The molecule has 0 heterocycles. The van der Waals surface area contributed by atoms with Crippen LogP contribution in [0.1, 0.15) is 32.6 Å². The fourth-order valence-electron chi connectivity index (χ4n) is 1.55. The van der Waals surface area contributed by atoms with Gasteiger partial charge in [0.1, 0.15) is 0 Å². The lowest BCUT2D eigenvalue weighted by Gasteiger charge is -2.27. The van der Waals surface area contributed by atoms with Crippen LogP contribution in [0.2, 0.25) is 0 Å². The van der Waals surface area contributed by atoms with E-state index in [1.165, 1.54) is 12.8 Å². The molecule has 0 saturated heterocycles. The fraction of sp³-hybridized carbons (Fsp3) is 1.00. The van der Waals surface area contributed by atoms with Crippen LogP contribution < -0.4 is 5.73 Å². The van der Waals surface area contributed by atoms with Gasteiger partial charge in [-0.15, -0.1) is 0 Å². The Bertz CT molecular complexity index is 93.3. The first-order chi connectivity index (χ1) is 4.84. The molecule has 0 radical (unpaired) electrons. The average molecular weight is 143 g/mol. The van der Waals surface area contributed by atoms with E-state index in [1.54, 1.807) is 0 Å². The largest absolute Gasteiger partial charge is 0.377 e. The smallest absolute Gasteiger partial charge is 0.0725 e. The molecule has 1 rings (SSSR count). The predicted molar refractivity (Wildman–Crippen MR) is 41.9 cm³/mol. The zero-order valence-corrected chi connectivity index (χ0v) is 6.68. The minimum absolute atomic E-state index is 0.300. The molecule has 0 aromatic rings. The summed E-state index contributed by atoms with van der Waals surface area (Å²) >= 11 is 0. The van der Waals surface area contributed by atoms with Crippen LogP contribution in [-0.4, -0.2) is 18.8 Å². The SMILES string of the molecule is CCOC1CCCCC1N. The van der Waals surface area contributed by atoms with E-state index in [4.69, 9.17) is 10.5 Å². The summed E-state index contributed by atoms with van der Waals surface area (Å²) in [6.45, 7) is 2.83. The number of rotatable bonds is 2. The quantitative estimate of drug-likeness (QED) is 0.632. The molecule has 10 heavy (non-hydrogen) atoms. The lowest BCUT2D eigenvalue weighted by Crippen LogP contribution is -2.39. The molecule has 2 nitrogen and oxygen atoms in total. The van der Waals surface area contributed by atoms with Gasteiger partial charge in [-0.1, -0.05) is 12.8 Å². The first-order valence-electron chi connectivity index (χ1n) is 4.21.